The lowest BCUT2D eigenvalue weighted by Gasteiger charge is -2.09. The van der Waals surface area contributed by atoms with Gasteiger partial charge in [-0.3, -0.25) is 9.78 Å². The molecule has 0 atom stereocenters. The number of nitrogens with two attached hydrogens (primary N) is 1. The van der Waals surface area contributed by atoms with Crippen LogP contribution in [0.4, 0.5) is 5.69 Å². The number of rotatable bonds is 2. The smallest absolute Gasteiger partial charge is 0.218 e. The highest BCUT2D eigenvalue weighted by atomic mass is 79.9. The molecule has 0 spiro atoms. The molecule has 0 unspecified atom stereocenters. The standard InChI is InChI=1S/C12H12BrN3O/c1-8-3-2-4-15-11(8)7-16-5-9(13)12(17)10(14)6-16/h2-6H,7,14H2,1H3. The van der Waals surface area contributed by atoms with Crippen LogP contribution >= 0.6 is 15.9 Å². The fourth-order valence-corrected chi connectivity index (χ4v) is 2.06. The van der Waals surface area contributed by atoms with E-state index in [-0.39, 0.29) is 11.1 Å². The van der Waals surface area contributed by atoms with Crippen molar-refractivity contribution in [1.82, 2.24) is 9.55 Å². The molecule has 2 N–H and O–H groups in total. The molecule has 2 rings (SSSR count). The number of aryl methyl sites for hydroxylation is 1. The number of anilines is 1. The predicted molar refractivity (Wildman–Crippen MR) is 70.9 cm³/mol. The molecular formula is C12H12BrN3O. The molecule has 4 nitrogen and oxygen atoms in total. The molecule has 88 valence electrons. The van der Waals surface area contributed by atoms with Crippen molar-refractivity contribution in [3.8, 4) is 0 Å². The molecule has 2 aromatic rings. The second kappa shape index (κ2) is 4.71. The van der Waals surface area contributed by atoms with Gasteiger partial charge in [-0.05, 0) is 34.5 Å². The normalized spacial score (nSPS) is 10.5. The highest BCUT2D eigenvalue weighted by Gasteiger charge is 2.04. The van der Waals surface area contributed by atoms with Crippen LogP contribution in [0.1, 0.15) is 11.3 Å². The molecule has 0 saturated heterocycles. The monoisotopic (exact) mass is 293 g/mol. The van der Waals surface area contributed by atoms with Crippen molar-refractivity contribution in [2.45, 2.75) is 13.5 Å². The van der Waals surface area contributed by atoms with E-state index in [0.29, 0.717) is 11.0 Å². The van der Waals surface area contributed by atoms with Gasteiger partial charge in [0.2, 0.25) is 5.43 Å². The number of hydrogen-bond acceptors (Lipinski definition) is 3. The lowest BCUT2D eigenvalue weighted by atomic mass is 10.2. The van der Waals surface area contributed by atoms with E-state index < -0.39 is 0 Å². The zero-order chi connectivity index (χ0) is 12.4. The molecule has 17 heavy (non-hydrogen) atoms. The summed E-state index contributed by atoms with van der Waals surface area (Å²) >= 11 is 3.20. The quantitative estimate of drug-likeness (QED) is 0.921. The van der Waals surface area contributed by atoms with Crippen LogP contribution in [-0.4, -0.2) is 9.55 Å². The van der Waals surface area contributed by atoms with Gasteiger partial charge in [0.15, 0.2) is 0 Å². The van der Waals surface area contributed by atoms with Gasteiger partial charge in [0.1, 0.15) is 0 Å². The Hall–Kier alpha value is -1.62. The minimum absolute atomic E-state index is 0.181. The molecule has 0 fully saturated rings. The topological polar surface area (TPSA) is 60.9 Å². The summed E-state index contributed by atoms with van der Waals surface area (Å²) in [6.45, 7) is 2.60. The largest absolute Gasteiger partial charge is 0.394 e. The van der Waals surface area contributed by atoms with Crippen LogP contribution in [0, 0.1) is 6.92 Å². The number of nitrogens with zero attached hydrogens (tertiary/aromatic N) is 2. The van der Waals surface area contributed by atoms with Crippen LogP contribution < -0.4 is 11.2 Å². The summed E-state index contributed by atoms with van der Waals surface area (Å²) in [5.41, 5.74) is 7.75. The summed E-state index contributed by atoms with van der Waals surface area (Å²) in [6.07, 6.45) is 5.09. The van der Waals surface area contributed by atoms with E-state index in [1.807, 2.05) is 23.6 Å². The first-order valence-electron chi connectivity index (χ1n) is 5.13. The maximum Gasteiger partial charge on any atom is 0.218 e. The maximum absolute atomic E-state index is 11.4. The van der Waals surface area contributed by atoms with E-state index in [2.05, 4.69) is 20.9 Å². The van der Waals surface area contributed by atoms with Gasteiger partial charge >= 0.3 is 0 Å². The van der Waals surface area contributed by atoms with Crippen molar-refractivity contribution in [2.75, 3.05) is 5.73 Å². The third-order valence-electron chi connectivity index (χ3n) is 2.51. The van der Waals surface area contributed by atoms with E-state index in [9.17, 15) is 4.79 Å². The van der Waals surface area contributed by atoms with E-state index in [1.54, 1.807) is 18.6 Å². The molecule has 2 aromatic heterocycles. The van der Waals surface area contributed by atoms with Gasteiger partial charge in [-0.15, -0.1) is 0 Å². The van der Waals surface area contributed by atoms with Gasteiger partial charge in [-0.25, -0.2) is 0 Å². The molecule has 0 aromatic carbocycles. The fraction of sp³-hybridized carbons (Fsp3) is 0.167. The van der Waals surface area contributed by atoms with Gasteiger partial charge in [0.05, 0.1) is 22.4 Å². The number of halogens is 1. The summed E-state index contributed by atoms with van der Waals surface area (Å²) < 4.78 is 2.31. The molecule has 5 heteroatoms. The summed E-state index contributed by atoms with van der Waals surface area (Å²) in [7, 11) is 0. The van der Waals surface area contributed by atoms with E-state index in [1.165, 1.54) is 0 Å². The molecule has 0 aliphatic carbocycles. The lowest BCUT2D eigenvalue weighted by Crippen LogP contribution is -2.14. The summed E-state index contributed by atoms with van der Waals surface area (Å²) in [6, 6.07) is 3.90. The maximum atomic E-state index is 11.4. The number of nitrogen functional groups attached to an aromatic ring is 1. The highest BCUT2D eigenvalue weighted by Crippen LogP contribution is 2.10. The average Bonchev–Trinajstić information content (AvgIpc) is 2.29. The lowest BCUT2D eigenvalue weighted by molar-refractivity contribution is 0.758. The zero-order valence-electron chi connectivity index (χ0n) is 9.35. The third kappa shape index (κ3) is 2.55. The van der Waals surface area contributed by atoms with E-state index in [4.69, 9.17) is 5.73 Å². The van der Waals surface area contributed by atoms with Crippen molar-refractivity contribution in [1.29, 1.82) is 0 Å². The molecular weight excluding hydrogens is 282 g/mol. The number of pyridine rings is 2. The Morgan fingerprint density at radius 1 is 1.47 bits per heavy atom. The molecule has 0 aliphatic heterocycles. The Morgan fingerprint density at radius 2 is 2.24 bits per heavy atom. The van der Waals surface area contributed by atoms with Crippen LogP contribution in [0.2, 0.25) is 0 Å². The first-order valence-corrected chi connectivity index (χ1v) is 5.93. The Balaban J connectivity index is 2.38. The van der Waals surface area contributed by atoms with Crippen LogP contribution in [0.3, 0.4) is 0 Å². The number of hydrogen-bond donors (Lipinski definition) is 1. The second-order valence-electron chi connectivity index (χ2n) is 3.83. The Morgan fingerprint density at radius 3 is 2.88 bits per heavy atom. The first-order chi connectivity index (χ1) is 8.08. The Labute approximate surface area is 107 Å². The van der Waals surface area contributed by atoms with E-state index in [0.717, 1.165) is 11.3 Å². The highest BCUT2D eigenvalue weighted by molar-refractivity contribution is 9.10. The van der Waals surface area contributed by atoms with Crippen LogP contribution in [0.25, 0.3) is 0 Å². The minimum Gasteiger partial charge on any atom is -0.394 e. The molecule has 0 amide bonds. The summed E-state index contributed by atoms with van der Waals surface area (Å²) in [5.74, 6) is 0. The molecule has 2 heterocycles. The fourth-order valence-electron chi connectivity index (χ4n) is 1.56. The van der Waals surface area contributed by atoms with Crippen molar-refractivity contribution in [2.24, 2.45) is 0 Å². The van der Waals surface area contributed by atoms with Gasteiger partial charge in [-0.1, -0.05) is 6.07 Å². The molecule has 0 aliphatic rings. The van der Waals surface area contributed by atoms with Crippen molar-refractivity contribution in [3.05, 3.63) is 56.7 Å². The van der Waals surface area contributed by atoms with Crippen LogP contribution in [0.15, 0.2) is 40.0 Å². The van der Waals surface area contributed by atoms with Crippen LogP contribution in [0.5, 0.6) is 0 Å². The van der Waals surface area contributed by atoms with Gasteiger partial charge in [0, 0.05) is 18.6 Å². The van der Waals surface area contributed by atoms with Crippen molar-refractivity contribution < 1.29 is 0 Å². The summed E-state index contributed by atoms with van der Waals surface area (Å²) in [5, 5.41) is 0. The van der Waals surface area contributed by atoms with E-state index >= 15 is 0 Å². The molecule has 0 bridgehead atoms. The average molecular weight is 294 g/mol. The van der Waals surface area contributed by atoms with Crippen LogP contribution in [-0.2, 0) is 6.54 Å². The molecule has 0 saturated carbocycles. The Bertz CT molecular complexity index is 581. The first kappa shape index (κ1) is 11.9. The minimum atomic E-state index is -0.181. The van der Waals surface area contributed by atoms with Crippen molar-refractivity contribution >= 4 is 21.6 Å². The van der Waals surface area contributed by atoms with Gasteiger partial charge < -0.3 is 10.3 Å². The predicted octanol–water partition coefficient (Wildman–Crippen LogP) is 1.94. The summed E-state index contributed by atoms with van der Waals surface area (Å²) in [4.78, 5) is 15.7. The SMILES string of the molecule is Cc1cccnc1Cn1cc(N)c(=O)c(Br)c1. The zero-order valence-corrected chi connectivity index (χ0v) is 10.9. The third-order valence-corrected chi connectivity index (χ3v) is 3.08. The van der Waals surface area contributed by atoms with Gasteiger partial charge in [-0.2, -0.15) is 0 Å². The molecule has 0 radical (unpaired) electrons. The second-order valence-corrected chi connectivity index (χ2v) is 4.68. The van der Waals surface area contributed by atoms with Crippen molar-refractivity contribution in [3.63, 3.8) is 0 Å². The van der Waals surface area contributed by atoms with Gasteiger partial charge in [0.25, 0.3) is 0 Å². The number of aromatic nitrogens is 2. The Kier molecular flexibility index (Phi) is 3.28.